The highest BCUT2D eigenvalue weighted by Crippen LogP contribution is 2.39. The van der Waals surface area contributed by atoms with E-state index in [0.29, 0.717) is 36.8 Å². The van der Waals surface area contributed by atoms with Crippen LogP contribution in [0, 0.1) is 0 Å². The molecule has 2 aromatic carbocycles. The second-order valence-electron chi connectivity index (χ2n) is 8.32. The standard InChI is InChI=1S/C22H26N2O6S/c1-22(2)13-17(16-6-4-5-7-18(16)30-22)23-21(25)14-24(31(3,26)27)15-8-9-19-20(12-15)29-11-10-28-19/h4-9,12,17H,10-11,13-14H2,1-3H3,(H,23,25)/t17-/m0/s1. The molecule has 166 valence electrons. The van der Waals surface area contributed by atoms with Crippen LogP contribution in [0.4, 0.5) is 5.69 Å². The Morgan fingerprint density at radius 3 is 2.55 bits per heavy atom. The molecule has 8 nitrogen and oxygen atoms in total. The van der Waals surface area contributed by atoms with Gasteiger partial charge in [-0.2, -0.15) is 0 Å². The number of carbonyl (C=O) groups is 1. The van der Waals surface area contributed by atoms with Gasteiger partial charge in [0.25, 0.3) is 0 Å². The molecular formula is C22H26N2O6S. The van der Waals surface area contributed by atoms with Crippen molar-refractivity contribution in [2.24, 2.45) is 0 Å². The number of carbonyl (C=O) groups excluding carboxylic acids is 1. The third-order valence-corrected chi connectivity index (χ3v) is 6.35. The molecule has 0 spiro atoms. The summed E-state index contributed by atoms with van der Waals surface area (Å²) in [5.74, 6) is 1.32. The van der Waals surface area contributed by atoms with Crippen LogP contribution >= 0.6 is 0 Å². The highest BCUT2D eigenvalue weighted by atomic mass is 32.2. The summed E-state index contributed by atoms with van der Waals surface area (Å²) in [6.45, 7) is 4.39. The van der Waals surface area contributed by atoms with Crippen LogP contribution < -0.4 is 23.8 Å². The quantitative estimate of drug-likeness (QED) is 0.759. The fourth-order valence-corrected chi connectivity index (χ4v) is 4.74. The van der Waals surface area contributed by atoms with Crippen molar-refractivity contribution < 1.29 is 27.4 Å². The molecule has 0 bridgehead atoms. The number of sulfonamides is 1. The maximum Gasteiger partial charge on any atom is 0.241 e. The third kappa shape index (κ3) is 4.71. The molecule has 0 fully saturated rings. The molecule has 1 N–H and O–H groups in total. The lowest BCUT2D eigenvalue weighted by Crippen LogP contribution is -2.45. The Morgan fingerprint density at radius 2 is 1.81 bits per heavy atom. The first kappa shape index (κ1) is 21.3. The average Bonchev–Trinajstić information content (AvgIpc) is 2.70. The highest BCUT2D eigenvalue weighted by molar-refractivity contribution is 7.92. The Bertz CT molecular complexity index is 1100. The number of nitrogens with zero attached hydrogens (tertiary/aromatic N) is 1. The molecule has 4 rings (SSSR count). The predicted octanol–water partition coefficient (Wildman–Crippen LogP) is 2.64. The summed E-state index contributed by atoms with van der Waals surface area (Å²) >= 11 is 0. The van der Waals surface area contributed by atoms with Gasteiger partial charge in [-0.3, -0.25) is 9.10 Å². The summed E-state index contributed by atoms with van der Waals surface area (Å²) in [7, 11) is -3.71. The second-order valence-corrected chi connectivity index (χ2v) is 10.2. The summed E-state index contributed by atoms with van der Waals surface area (Å²) in [6, 6.07) is 12.1. The number of anilines is 1. The zero-order chi connectivity index (χ0) is 22.2. The zero-order valence-electron chi connectivity index (χ0n) is 17.8. The third-order valence-electron chi connectivity index (χ3n) is 5.21. The topological polar surface area (TPSA) is 94.2 Å². The van der Waals surface area contributed by atoms with E-state index in [1.54, 1.807) is 18.2 Å². The second kappa shape index (κ2) is 7.96. The molecule has 2 aliphatic heterocycles. The van der Waals surface area contributed by atoms with Gasteiger partial charge in [0.05, 0.1) is 18.0 Å². The van der Waals surface area contributed by atoms with E-state index in [9.17, 15) is 13.2 Å². The van der Waals surface area contributed by atoms with Gasteiger partial charge in [0.1, 0.15) is 31.1 Å². The first-order valence-corrected chi connectivity index (χ1v) is 11.9. The molecule has 0 saturated heterocycles. The van der Waals surface area contributed by atoms with Crippen LogP contribution in [0.25, 0.3) is 0 Å². The SMILES string of the molecule is CC1(C)C[C@H](NC(=O)CN(c2ccc3c(c2)OCCO3)S(C)(=O)=O)c2ccccc2O1. The number of hydrogen-bond donors (Lipinski definition) is 1. The summed E-state index contributed by atoms with van der Waals surface area (Å²) in [5, 5.41) is 2.98. The monoisotopic (exact) mass is 446 g/mol. The van der Waals surface area contributed by atoms with Crippen LogP contribution in [-0.2, 0) is 14.8 Å². The zero-order valence-corrected chi connectivity index (χ0v) is 18.6. The van der Waals surface area contributed by atoms with Crippen LogP contribution in [0.3, 0.4) is 0 Å². The highest BCUT2D eigenvalue weighted by Gasteiger charge is 2.35. The number of benzene rings is 2. The van der Waals surface area contributed by atoms with Gasteiger partial charge < -0.3 is 19.5 Å². The summed E-state index contributed by atoms with van der Waals surface area (Å²) in [5.41, 5.74) is 0.758. The van der Waals surface area contributed by atoms with Crippen molar-refractivity contribution in [3.63, 3.8) is 0 Å². The van der Waals surface area contributed by atoms with Crippen molar-refractivity contribution in [1.29, 1.82) is 0 Å². The van der Waals surface area contributed by atoms with Crippen molar-refractivity contribution in [3.8, 4) is 17.2 Å². The molecule has 0 unspecified atom stereocenters. The van der Waals surface area contributed by atoms with E-state index in [0.717, 1.165) is 21.9 Å². The van der Waals surface area contributed by atoms with E-state index in [4.69, 9.17) is 14.2 Å². The Kier molecular flexibility index (Phi) is 5.47. The Labute approximate surface area is 182 Å². The van der Waals surface area contributed by atoms with Crippen LogP contribution in [0.15, 0.2) is 42.5 Å². The molecule has 2 aliphatic rings. The molecule has 2 aromatic rings. The number of nitrogens with one attached hydrogen (secondary N) is 1. The fourth-order valence-electron chi connectivity index (χ4n) is 3.89. The van der Waals surface area contributed by atoms with Crippen LogP contribution in [0.1, 0.15) is 31.9 Å². The van der Waals surface area contributed by atoms with Crippen molar-refractivity contribution in [3.05, 3.63) is 48.0 Å². The predicted molar refractivity (Wildman–Crippen MR) is 116 cm³/mol. The van der Waals surface area contributed by atoms with E-state index < -0.39 is 21.5 Å². The van der Waals surface area contributed by atoms with Gasteiger partial charge in [-0.05, 0) is 32.0 Å². The van der Waals surface area contributed by atoms with Crippen molar-refractivity contribution in [2.45, 2.75) is 31.9 Å². The number of para-hydroxylation sites is 1. The Morgan fingerprint density at radius 1 is 1.10 bits per heavy atom. The van der Waals surface area contributed by atoms with Crippen LogP contribution in [0.2, 0.25) is 0 Å². The molecule has 0 aromatic heterocycles. The molecule has 31 heavy (non-hydrogen) atoms. The minimum Gasteiger partial charge on any atom is -0.487 e. The minimum absolute atomic E-state index is 0.283. The smallest absolute Gasteiger partial charge is 0.241 e. The van der Waals surface area contributed by atoms with Gasteiger partial charge in [0.2, 0.25) is 15.9 Å². The molecule has 1 amide bonds. The van der Waals surface area contributed by atoms with Gasteiger partial charge in [-0.15, -0.1) is 0 Å². The summed E-state index contributed by atoms with van der Waals surface area (Å²) < 4.78 is 43.1. The molecule has 0 saturated carbocycles. The van der Waals surface area contributed by atoms with E-state index in [1.807, 2.05) is 38.1 Å². The molecule has 0 radical (unpaired) electrons. The minimum atomic E-state index is -3.71. The molecule has 2 heterocycles. The largest absolute Gasteiger partial charge is 0.487 e. The number of hydrogen-bond acceptors (Lipinski definition) is 6. The lowest BCUT2D eigenvalue weighted by atomic mass is 9.89. The number of fused-ring (bicyclic) bond motifs is 2. The number of ether oxygens (including phenoxy) is 3. The van der Waals surface area contributed by atoms with Gasteiger partial charge in [-0.1, -0.05) is 18.2 Å². The molecule has 0 aliphatic carbocycles. The van der Waals surface area contributed by atoms with E-state index in [-0.39, 0.29) is 12.6 Å². The maximum absolute atomic E-state index is 12.9. The average molecular weight is 447 g/mol. The normalized spacial score (nSPS) is 19.0. The van der Waals surface area contributed by atoms with Crippen molar-refractivity contribution in [1.82, 2.24) is 5.32 Å². The lowest BCUT2D eigenvalue weighted by molar-refractivity contribution is -0.120. The van der Waals surface area contributed by atoms with E-state index in [1.165, 1.54) is 0 Å². The van der Waals surface area contributed by atoms with E-state index >= 15 is 0 Å². The Hall–Kier alpha value is -2.94. The van der Waals surface area contributed by atoms with Gasteiger partial charge in [0, 0.05) is 18.1 Å². The molecular weight excluding hydrogens is 420 g/mol. The van der Waals surface area contributed by atoms with E-state index in [2.05, 4.69) is 5.32 Å². The molecule has 9 heteroatoms. The first-order chi connectivity index (χ1) is 14.6. The summed E-state index contributed by atoms with van der Waals surface area (Å²) in [6.07, 6.45) is 1.64. The van der Waals surface area contributed by atoms with Crippen molar-refractivity contribution in [2.75, 3.05) is 30.3 Å². The van der Waals surface area contributed by atoms with Crippen molar-refractivity contribution >= 4 is 21.6 Å². The summed E-state index contributed by atoms with van der Waals surface area (Å²) in [4.78, 5) is 12.9. The number of rotatable bonds is 5. The van der Waals surface area contributed by atoms with Gasteiger partial charge >= 0.3 is 0 Å². The van der Waals surface area contributed by atoms with Gasteiger partial charge in [-0.25, -0.2) is 8.42 Å². The van der Waals surface area contributed by atoms with Crippen LogP contribution in [-0.4, -0.2) is 45.9 Å². The fraction of sp³-hybridized carbons (Fsp3) is 0.409. The lowest BCUT2D eigenvalue weighted by Gasteiger charge is -2.38. The maximum atomic E-state index is 12.9. The number of amides is 1. The first-order valence-electron chi connectivity index (χ1n) is 10.1. The van der Waals surface area contributed by atoms with Gasteiger partial charge in [0.15, 0.2) is 11.5 Å². The Balaban J connectivity index is 1.56. The van der Waals surface area contributed by atoms with Crippen LogP contribution in [0.5, 0.6) is 17.2 Å². The molecule has 1 atom stereocenters.